The maximum absolute atomic E-state index is 10.8. The molecule has 2 rings (SSSR count). The van der Waals surface area contributed by atoms with E-state index < -0.39 is 0 Å². The van der Waals surface area contributed by atoms with Gasteiger partial charge in [0.2, 0.25) is 0 Å². The molecular formula is C12H14N4O2. The van der Waals surface area contributed by atoms with Gasteiger partial charge in [-0.1, -0.05) is 18.2 Å². The Hall–Kier alpha value is -2.21. The maximum atomic E-state index is 10.8. The summed E-state index contributed by atoms with van der Waals surface area (Å²) in [5.74, 6) is 0. The quantitative estimate of drug-likeness (QED) is 0.642. The second-order valence-electron chi connectivity index (χ2n) is 4.01. The molecule has 94 valence electrons. The Morgan fingerprint density at radius 3 is 2.83 bits per heavy atom. The molecule has 0 fully saturated rings. The maximum Gasteiger partial charge on any atom is 0.273 e. The molecular weight excluding hydrogens is 232 g/mol. The Morgan fingerprint density at radius 1 is 1.39 bits per heavy atom. The molecule has 0 saturated carbocycles. The summed E-state index contributed by atoms with van der Waals surface area (Å²) in [6.07, 6.45) is 3.68. The summed E-state index contributed by atoms with van der Waals surface area (Å²) < 4.78 is 1.72. The van der Waals surface area contributed by atoms with Gasteiger partial charge in [0.1, 0.15) is 0 Å². The van der Waals surface area contributed by atoms with Crippen molar-refractivity contribution < 1.29 is 4.92 Å². The van der Waals surface area contributed by atoms with Crippen LogP contribution in [-0.4, -0.2) is 14.7 Å². The third-order valence-electron chi connectivity index (χ3n) is 2.59. The smallest absolute Gasteiger partial charge is 0.273 e. The second kappa shape index (κ2) is 5.42. The molecule has 18 heavy (non-hydrogen) atoms. The van der Waals surface area contributed by atoms with E-state index in [9.17, 15) is 10.1 Å². The fraction of sp³-hybridized carbons (Fsp3) is 0.250. The van der Waals surface area contributed by atoms with E-state index in [4.69, 9.17) is 0 Å². The molecule has 0 bridgehead atoms. The number of para-hydroxylation sites is 1. The summed E-state index contributed by atoms with van der Waals surface area (Å²) in [4.78, 5) is 10.5. The van der Waals surface area contributed by atoms with Crippen LogP contribution in [0, 0.1) is 10.1 Å². The van der Waals surface area contributed by atoms with Crippen LogP contribution < -0.4 is 5.32 Å². The first-order chi connectivity index (χ1) is 8.66. The van der Waals surface area contributed by atoms with Crippen LogP contribution >= 0.6 is 0 Å². The van der Waals surface area contributed by atoms with Crippen molar-refractivity contribution in [1.82, 2.24) is 15.1 Å². The van der Waals surface area contributed by atoms with E-state index in [-0.39, 0.29) is 10.6 Å². The predicted octanol–water partition coefficient (Wildman–Crippen LogP) is 1.62. The topological polar surface area (TPSA) is 73.0 Å². The molecule has 0 aliphatic carbocycles. The van der Waals surface area contributed by atoms with E-state index >= 15 is 0 Å². The molecule has 6 heteroatoms. The van der Waals surface area contributed by atoms with Crippen LogP contribution in [0.1, 0.15) is 11.1 Å². The first kappa shape index (κ1) is 12.3. The second-order valence-corrected chi connectivity index (χ2v) is 4.01. The lowest BCUT2D eigenvalue weighted by Gasteiger charge is -2.04. The van der Waals surface area contributed by atoms with E-state index in [1.807, 2.05) is 13.2 Å². The number of nitro benzene ring substituents is 1. The van der Waals surface area contributed by atoms with Gasteiger partial charge in [-0.15, -0.1) is 0 Å². The van der Waals surface area contributed by atoms with E-state index in [0.29, 0.717) is 18.7 Å². The molecule has 1 aromatic heterocycles. The van der Waals surface area contributed by atoms with Crippen molar-refractivity contribution in [2.24, 2.45) is 7.05 Å². The fourth-order valence-corrected chi connectivity index (χ4v) is 1.74. The van der Waals surface area contributed by atoms with Crippen LogP contribution in [0.25, 0.3) is 0 Å². The summed E-state index contributed by atoms with van der Waals surface area (Å²) >= 11 is 0. The summed E-state index contributed by atoms with van der Waals surface area (Å²) in [6, 6.07) is 6.74. The highest BCUT2D eigenvalue weighted by Gasteiger charge is 2.11. The molecule has 0 saturated heterocycles. The third kappa shape index (κ3) is 2.92. The van der Waals surface area contributed by atoms with Gasteiger partial charge in [-0.25, -0.2) is 0 Å². The monoisotopic (exact) mass is 246 g/mol. The molecule has 0 amide bonds. The van der Waals surface area contributed by atoms with E-state index in [2.05, 4.69) is 10.4 Å². The number of aromatic nitrogens is 2. The minimum absolute atomic E-state index is 0.149. The molecule has 6 nitrogen and oxygen atoms in total. The Kier molecular flexibility index (Phi) is 3.69. The third-order valence-corrected chi connectivity index (χ3v) is 2.59. The Bertz CT molecular complexity index is 551. The Labute approximate surface area is 104 Å². The number of aryl methyl sites for hydroxylation is 1. The number of benzene rings is 1. The summed E-state index contributed by atoms with van der Waals surface area (Å²) in [6.45, 7) is 1.10. The summed E-state index contributed by atoms with van der Waals surface area (Å²) in [7, 11) is 1.85. The van der Waals surface area contributed by atoms with Gasteiger partial charge in [0, 0.05) is 43.5 Å². The van der Waals surface area contributed by atoms with Crippen LogP contribution in [0.15, 0.2) is 36.7 Å². The molecule has 0 spiro atoms. The van der Waals surface area contributed by atoms with Crippen molar-refractivity contribution in [1.29, 1.82) is 0 Å². The lowest BCUT2D eigenvalue weighted by atomic mass is 10.2. The van der Waals surface area contributed by atoms with Gasteiger partial charge in [0.15, 0.2) is 0 Å². The normalized spacial score (nSPS) is 10.5. The SMILES string of the molecule is Cn1cc(CNCc2ccccc2[N+](=O)[O-])cn1. The predicted molar refractivity (Wildman–Crippen MR) is 66.8 cm³/mol. The number of nitro groups is 1. The average Bonchev–Trinajstić information content (AvgIpc) is 2.75. The highest BCUT2D eigenvalue weighted by Crippen LogP contribution is 2.17. The molecule has 1 heterocycles. The minimum Gasteiger partial charge on any atom is -0.308 e. The number of nitrogens with one attached hydrogen (secondary N) is 1. The van der Waals surface area contributed by atoms with Crippen LogP contribution in [0.5, 0.6) is 0 Å². The lowest BCUT2D eigenvalue weighted by molar-refractivity contribution is -0.385. The largest absolute Gasteiger partial charge is 0.308 e. The van der Waals surface area contributed by atoms with E-state index in [1.165, 1.54) is 6.07 Å². The van der Waals surface area contributed by atoms with Crippen molar-refractivity contribution >= 4 is 5.69 Å². The van der Waals surface area contributed by atoms with Crippen LogP contribution in [0.2, 0.25) is 0 Å². The van der Waals surface area contributed by atoms with Crippen molar-refractivity contribution in [2.45, 2.75) is 13.1 Å². The van der Waals surface area contributed by atoms with Crippen LogP contribution in [0.3, 0.4) is 0 Å². The highest BCUT2D eigenvalue weighted by molar-refractivity contribution is 5.39. The van der Waals surface area contributed by atoms with Gasteiger partial charge in [-0.2, -0.15) is 5.10 Å². The van der Waals surface area contributed by atoms with Gasteiger partial charge >= 0.3 is 0 Å². The van der Waals surface area contributed by atoms with Crippen LogP contribution in [0.4, 0.5) is 5.69 Å². The molecule has 0 unspecified atom stereocenters. The zero-order valence-electron chi connectivity index (χ0n) is 10.0. The van der Waals surface area contributed by atoms with Crippen molar-refractivity contribution in [3.63, 3.8) is 0 Å². The molecule has 0 aliphatic heterocycles. The molecule has 0 radical (unpaired) electrons. The molecule has 0 atom stereocenters. The van der Waals surface area contributed by atoms with E-state index in [1.54, 1.807) is 29.1 Å². The molecule has 1 N–H and O–H groups in total. The minimum atomic E-state index is -0.360. The van der Waals surface area contributed by atoms with Gasteiger partial charge in [0.25, 0.3) is 5.69 Å². The number of hydrogen-bond donors (Lipinski definition) is 1. The van der Waals surface area contributed by atoms with Gasteiger partial charge in [-0.3, -0.25) is 14.8 Å². The van der Waals surface area contributed by atoms with Crippen molar-refractivity contribution in [2.75, 3.05) is 0 Å². The van der Waals surface area contributed by atoms with Gasteiger partial charge in [0.05, 0.1) is 11.1 Å². The Morgan fingerprint density at radius 2 is 2.17 bits per heavy atom. The standard InChI is InChI=1S/C12H14N4O2/c1-15-9-10(7-14-15)6-13-8-11-4-2-3-5-12(11)16(17)18/h2-5,7,9,13H,6,8H2,1H3. The first-order valence-corrected chi connectivity index (χ1v) is 5.57. The zero-order valence-corrected chi connectivity index (χ0v) is 10.0. The zero-order chi connectivity index (χ0) is 13.0. The lowest BCUT2D eigenvalue weighted by Crippen LogP contribution is -2.13. The molecule has 0 aliphatic rings. The fourth-order valence-electron chi connectivity index (χ4n) is 1.74. The number of nitrogens with zero attached hydrogens (tertiary/aromatic N) is 3. The number of rotatable bonds is 5. The van der Waals surface area contributed by atoms with Crippen molar-refractivity contribution in [3.05, 3.63) is 57.9 Å². The van der Waals surface area contributed by atoms with E-state index in [0.717, 1.165) is 5.56 Å². The Balaban J connectivity index is 1.96. The summed E-state index contributed by atoms with van der Waals surface area (Å²) in [5, 5.41) is 18.0. The average molecular weight is 246 g/mol. The first-order valence-electron chi connectivity index (χ1n) is 5.57. The van der Waals surface area contributed by atoms with Crippen molar-refractivity contribution in [3.8, 4) is 0 Å². The van der Waals surface area contributed by atoms with Crippen LogP contribution in [-0.2, 0) is 20.1 Å². The number of hydrogen-bond acceptors (Lipinski definition) is 4. The van der Waals surface area contributed by atoms with Gasteiger partial charge < -0.3 is 5.32 Å². The highest BCUT2D eigenvalue weighted by atomic mass is 16.6. The molecule has 1 aromatic carbocycles. The molecule has 2 aromatic rings. The van der Waals surface area contributed by atoms with Gasteiger partial charge in [-0.05, 0) is 0 Å². The summed E-state index contributed by atoms with van der Waals surface area (Å²) in [5.41, 5.74) is 1.89.